The summed E-state index contributed by atoms with van der Waals surface area (Å²) < 4.78 is 43.9. The molecule has 0 saturated heterocycles. The van der Waals surface area contributed by atoms with Crippen molar-refractivity contribution >= 4 is 15.9 Å². The average molecular weight is 397 g/mol. The van der Waals surface area contributed by atoms with Crippen LogP contribution in [0.3, 0.4) is 0 Å². The fourth-order valence-corrected chi connectivity index (χ4v) is 3.16. The van der Waals surface area contributed by atoms with E-state index in [1.54, 1.807) is 12.1 Å². The van der Waals surface area contributed by atoms with Crippen molar-refractivity contribution in [3.63, 3.8) is 0 Å². The van der Waals surface area contributed by atoms with Crippen LogP contribution in [0.2, 0.25) is 0 Å². The largest absolute Gasteiger partial charge is 0.451 e. The number of sulfonamides is 1. The van der Waals surface area contributed by atoms with Gasteiger partial charge in [0.15, 0.2) is 0 Å². The van der Waals surface area contributed by atoms with Crippen molar-refractivity contribution in [3.8, 4) is 0 Å². The molecule has 0 aliphatic heterocycles. The van der Waals surface area contributed by atoms with E-state index in [9.17, 15) is 17.6 Å². The van der Waals surface area contributed by atoms with Gasteiger partial charge < -0.3 is 14.2 Å². The molecular weight excluding hydrogens is 373 g/mol. The highest BCUT2D eigenvalue weighted by Gasteiger charge is 2.25. The monoisotopic (exact) mass is 397 g/mol. The second-order valence-electron chi connectivity index (χ2n) is 6.60. The zero-order chi connectivity index (χ0) is 20.2. The number of halogens is 1. The second kappa shape index (κ2) is 8.64. The lowest BCUT2D eigenvalue weighted by Crippen LogP contribution is -2.36. The van der Waals surface area contributed by atoms with Gasteiger partial charge in [-0.3, -0.25) is 4.79 Å². The van der Waals surface area contributed by atoms with Crippen LogP contribution in [0.4, 0.5) is 4.39 Å². The third-order valence-corrected chi connectivity index (χ3v) is 5.61. The van der Waals surface area contributed by atoms with Gasteiger partial charge in [-0.25, -0.2) is 17.1 Å². The molecule has 0 spiro atoms. The topological polar surface area (TPSA) is 74.1 Å². The van der Waals surface area contributed by atoms with E-state index in [4.69, 9.17) is 4.42 Å². The summed E-state index contributed by atoms with van der Waals surface area (Å²) in [4.78, 5) is 16.4. The molecule has 2 rings (SSSR count). The molecule has 1 heterocycles. The molecule has 1 amide bonds. The smallest absolute Gasteiger partial charge is 0.275 e. The summed E-state index contributed by atoms with van der Waals surface area (Å²) in [6.45, 7) is 1.19. The Morgan fingerprint density at radius 3 is 2.41 bits per heavy atom. The Balaban J connectivity index is 2.27. The fraction of sp³-hybridized carbons (Fsp3) is 0.389. The van der Waals surface area contributed by atoms with Gasteiger partial charge in [-0.05, 0) is 31.8 Å². The van der Waals surface area contributed by atoms with Gasteiger partial charge in [-0.1, -0.05) is 12.1 Å². The molecule has 0 radical (unpaired) electrons. The van der Waals surface area contributed by atoms with Crippen molar-refractivity contribution in [2.75, 3.05) is 41.3 Å². The van der Waals surface area contributed by atoms with E-state index >= 15 is 0 Å². The van der Waals surface area contributed by atoms with Crippen LogP contribution in [0.1, 0.15) is 15.9 Å². The Morgan fingerprint density at radius 2 is 1.81 bits per heavy atom. The lowest BCUT2D eigenvalue weighted by atomic mass is 10.2. The van der Waals surface area contributed by atoms with Crippen LogP contribution >= 0.6 is 0 Å². The maximum Gasteiger partial charge on any atom is 0.275 e. The maximum atomic E-state index is 13.5. The fourth-order valence-electron chi connectivity index (χ4n) is 2.36. The lowest BCUT2D eigenvalue weighted by molar-refractivity contribution is 0.0731. The average Bonchev–Trinajstić information content (AvgIpc) is 3.08. The van der Waals surface area contributed by atoms with Gasteiger partial charge in [-0.2, -0.15) is 0 Å². The second-order valence-corrected chi connectivity index (χ2v) is 8.68. The van der Waals surface area contributed by atoms with Crippen LogP contribution in [-0.2, 0) is 16.6 Å². The Morgan fingerprint density at radius 1 is 1.11 bits per heavy atom. The third-order valence-electron chi connectivity index (χ3n) is 3.92. The van der Waals surface area contributed by atoms with Crippen LogP contribution in [0, 0.1) is 5.82 Å². The zero-order valence-corrected chi connectivity index (χ0v) is 16.7. The number of hydrogen-bond acceptors (Lipinski definition) is 5. The van der Waals surface area contributed by atoms with Crippen molar-refractivity contribution in [2.45, 2.75) is 11.6 Å². The number of hydrogen-bond donors (Lipinski definition) is 0. The molecule has 7 nitrogen and oxygen atoms in total. The summed E-state index contributed by atoms with van der Waals surface area (Å²) in [5.41, 5.74) is 0.775. The van der Waals surface area contributed by atoms with Gasteiger partial charge in [0.05, 0.1) is 5.56 Å². The molecule has 0 aliphatic rings. The molecule has 1 aromatic carbocycles. The normalized spacial score (nSPS) is 12.0. The van der Waals surface area contributed by atoms with E-state index < -0.39 is 10.0 Å². The van der Waals surface area contributed by atoms with Gasteiger partial charge in [0.1, 0.15) is 12.1 Å². The van der Waals surface area contributed by atoms with Gasteiger partial charge in [0, 0.05) is 39.8 Å². The number of carbonyl (C=O) groups excluding carboxylic acids is 1. The predicted octanol–water partition coefficient (Wildman–Crippen LogP) is 1.87. The first-order valence-electron chi connectivity index (χ1n) is 8.31. The van der Waals surface area contributed by atoms with E-state index in [1.165, 1.54) is 37.2 Å². The Labute approximate surface area is 159 Å². The quantitative estimate of drug-likeness (QED) is 0.680. The molecular formula is C18H24FN3O4S. The molecule has 9 heteroatoms. The van der Waals surface area contributed by atoms with Crippen LogP contribution in [0.5, 0.6) is 0 Å². The Hall–Kier alpha value is -2.23. The van der Waals surface area contributed by atoms with E-state index in [2.05, 4.69) is 0 Å². The SMILES string of the molecule is CN(C)CCN(Cc1cccc(F)c1)C(=O)c1coc(S(=O)(=O)N(C)C)c1. The Kier molecular flexibility index (Phi) is 6.74. The van der Waals surface area contributed by atoms with Gasteiger partial charge in [-0.15, -0.1) is 0 Å². The molecule has 0 unspecified atom stereocenters. The first-order chi connectivity index (χ1) is 12.6. The molecule has 0 saturated carbocycles. The molecule has 27 heavy (non-hydrogen) atoms. The zero-order valence-electron chi connectivity index (χ0n) is 15.8. The summed E-state index contributed by atoms with van der Waals surface area (Å²) >= 11 is 0. The molecule has 0 bridgehead atoms. The van der Waals surface area contributed by atoms with Crippen molar-refractivity contribution in [3.05, 3.63) is 53.5 Å². The molecule has 0 atom stereocenters. The third kappa shape index (κ3) is 5.38. The van der Waals surface area contributed by atoms with Crippen LogP contribution in [0.15, 0.2) is 46.1 Å². The number of nitrogens with zero attached hydrogens (tertiary/aromatic N) is 3. The van der Waals surface area contributed by atoms with Gasteiger partial charge >= 0.3 is 0 Å². The molecule has 2 aromatic rings. The van der Waals surface area contributed by atoms with Crippen LogP contribution in [0.25, 0.3) is 0 Å². The van der Waals surface area contributed by atoms with Crippen LogP contribution < -0.4 is 0 Å². The highest BCUT2D eigenvalue weighted by Crippen LogP contribution is 2.19. The molecule has 0 N–H and O–H groups in total. The van der Waals surface area contributed by atoms with Gasteiger partial charge in [0.25, 0.3) is 15.9 Å². The lowest BCUT2D eigenvalue weighted by Gasteiger charge is -2.24. The summed E-state index contributed by atoms with van der Waals surface area (Å²) in [5.74, 6) is -0.764. The van der Waals surface area contributed by atoms with Gasteiger partial charge in [0.2, 0.25) is 5.09 Å². The number of carbonyl (C=O) groups is 1. The predicted molar refractivity (Wildman–Crippen MR) is 99.3 cm³/mol. The first-order valence-corrected chi connectivity index (χ1v) is 9.75. The molecule has 0 fully saturated rings. The van der Waals surface area contributed by atoms with E-state index in [1.807, 2.05) is 19.0 Å². The van der Waals surface area contributed by atoms with E-state index in [-0.39, 0.29) is 28.9 Å². The van der Waals surface area contributed by atoms with Crippen molar-refractivity contribution < 1.29 is 22.0 Å². The Bertz CT molecular complexity index is 894. The molecule has 0 aliphatic carbocycles. The number of rotatable bonds is 8. The molecule has 148 valence electrons. The summed E-state index contributed by atoms with van der Waals surface area (Å²) in [6.07, 6.45) is 1.13. The van der Waals surface area contributed by atoms with Crippen LogP contribution in [-0.4, -0.2) is 69.7 Å². The van der Waals surface area contributed by atoms with Crippen molar-refractivity contribution in [1.82, 2.24) is 14.1 Å². The minimum absolute atomic E-state index is 0.130. The summed E-state index contributed by atoms with van der Waals surface area (Å²) in [6, 6.07) is 7.23. The highest BCUT2D eigenvalue weighted by molar-refractivity contribution is 7.88. The first kappa shape index (κ1) is 21.1. The highest BCUT2D eigenvalue weighted by atomic mass is 32.2. The van der Waals surface area contributed by atoms with E-state index in [0.717, 1.165) is 10.6 Å². The standard InChI is InChI=1S/C18H24FN3O4S/c1-20(2)8-9-22(12-14-6-5-7-16(19)10-14)18(23)15-11-17(26-13-15)27(24,25)21(3)4/h5-7,10-11,13H,8-9,12H2,1-4H3. The number of amides is 1. The summed E-state index contributed by atoms with van der Waals surface area (Å²) in [7, 11) is 2.75. The summed E-state index contributed by atoms with van der Waals surface area (Å²) in [5, 5.41) is -0.297. The minimum Gasteiger partial charge on any atom is -0.451 e. The maximum absolute atomic E-state index is 13.5. The van der Waals surface area contributed by atoms with Crippen molar-refractivity contribution in [1.29, 1.82) is 0 Å². The molecule has 1 aromatic heterocycles. The number of benzene rings is 1. The number of furan rings is 1. The van der Waals surface area contributed by atoms with Crippen molar-refractivity contribution in [2.24, 2.45) is 0 Å². The van der Waals surface area contributed by atoms with E-state index in [0.29, 0.717) is 18.7 Å². The number of likely N-dealkylation sites (N-methyl/N-ethyl adjacent to an activating group) is 1. The minimum atomic E-state index is -3.77.